The number of aryl methyl sites for hydroxylation is 2. The lowest BCUT2D eigenvalue weighted by molar-refractivity contribution is 0.0746. The van der Waals surface area contributed by atoms with E-state index in [0.717, 1.165) is 64.7 Å². The first kappa shape index (κ1) is 25.9. The molecule has 2 fully saturated rings. The molecule has 0 atom stereocenters. The van der Waals surface area contributed by atoms with Gasteiger partial charge >= 0.3 is 0 Å². The number of carbonyl (C=O) groups is 1. The van der Waals surface area contributed by atoms with Gasteiger partial charge in [0, 0.05) is 56.6 Å². The van der Waals surface area contributed by atoms with Crippen LogP contribution in [-0.4, -0.2) is 56.1 Å². The average Bonchev–Trinajstić information content (AvgIpc) is 2.95. The molecule has 1 N–H and O–H groups in total. The molecule has 196 valence electrons. The summed E-state index contributed by atoms with van der Waals surface area (Å²) < 4.78 is 0. The van der Waals surface area contributed by atoms with Crippen molar-refractivity contribution in [1.29, 1.82) is 5.26 Å². The van der Waals surface area contributed by atoms with E-state index >= 15 is 0 Å². The number of nitriles is 1. The van der Waals surface area contributed by atoms with Gasteiger partial charge in [-0.05, 0) is 68.1 Å². The van der Waals surface area contributed by atoms with E-state index in [9.17, 15) is 10.1 Å². The molecule has 0 unspecified atom stereocenters. The molecule has 7 heteroatoms. The summed E-state index contributed by atoms with van der Waals surface area (Å²) in [7, 11) is 0. The molecular weight excluding hydrogens is 494 g/mol. The molecule has 3 aromatic rings. The van der Waals surface area contributed by atoms with E-state index < -0.39 is 0 Å². The van der Waals surface area contributed by atoms with E-state index in [4.69, 9.17) is 11.6 Å². The number of benzene rings is 3. The Morgan fingerprint density at radius 1 is 0.868 bits per heavy atom. The van der Waals surface area contributed by atoms with E-state index in [2.05, 4.69) is 40.2 Å². The monoisotopic (exact) mass is 527 g/mol. The van der Waals surface area contributed by atoms with E-state index in [1.54, 1.807) is 0 Å². The molecule has 5 rings (SSSR count). The summed E-state index contributed by atoms with van der Waals surface area (Å²) in [6, 6.07) is 22.5. The summed E-state index contributed by atoms with van der Waals surface area (Å²) in [4.78, 5) is 20.1. The maximum Gasteiger partial charge on any atom is 0.254 e. The predicted molar refractivity (Wildman–Crippen MR) is 155 cm³/mol. The molecule has 3 aromatic carbocycles. The number of anilines is 3. The van der Waals surface area contributed by atoms with Crippen molar-refractivity contribution < 1.29 is 4.79 Å². The van der Waals surface area contributed by atoms with Crippen LogP contribution in [0, 0.1) is 25.2 Å². The van der Waals surface area contributed by atoms with Gasteiger partial charge < -0.3 is 20.0 Å². The molecule has 6 nitrogen and oxygen atoms in total. The van der Waals surface area contributed by atoms with Gasteiger partial charge in [-0.15, -0.1) is 0 Å². The van der Waals surface area contributed by atoms with Gasteiger partial charge in [0.25, 0.3) is 5.91 Å². The molecule has 0 bridgehead atoms. The highest BCUT2D eigenvalue weighted by Gasteiger charge is 2.26. The number of para-hydroxylation sites is 2. The number of rotatable bonds is 5. The highest BCUT2D eigenvalue weighted by molar-refractivity contribution is 6.33. The first-order valence-corrected chi connectivity index (χ1v) is 13.7. The summed E-state index contributed by atoms with van der Waals surface area (Å²) in [5.41, 5.74) is 6.68. The maximum absolute atomic E-state index is 13.6. The number of hydrogen-bond donors (Lipinski definition) is 1. The molecule has 2 heterocycles. The fourth-order valence-electron chi connectivity index (χ4n) is 5.60. The van der Waals surface area contributed by atoms with E-state index in [1.807, 2.05) is 60.4 Å². The molecule has 0 saturated carbocycles. The zero-order chi connectivity index (χ0) is 26.6. The Labute approximate surface area is 230 Å². The molecule has 0 aromatic heterocycles. The lowest BCUT2D eigenvalue weighted by atomic mass is 9.99. The predicted octanol–water partition coefficient (Wildman–Crippen LogP) is 5.87. The quantitative estimate of drug-likeness (QED) is 0.449. The Hall–Kier alpha value is -3.69. The summed E-state index contributed by atoms with van der Waals surface area (Å²) in [6.45, 7) is 8.70. The minimum absolute atomic E-state index is 0.0762. The van der Waals surface area contributed by atoms with Crippen LogP contribution in [0.5, 0.6) is 0 Å². The van der Waals surface area contributed by atoms with Gasteiger partial charge in [-0.2, -0.15) is 5.26 Å². The Balaban J connectivity index is 1.23. The van der Waals surface area contributed by atoms with Crippen molar-refractivity contribution in [1.82, 2.24) is 4.90 Å². The Morgan fingerprint density at radius 3 is 2.18 bits per heavy atom. The number of piperazine rings is 1. The number of amides is 1. The molecule has 38 heavy (non-hydrogen) atoms. The van der Waals surface area contributed by atoms with Gasteiger partial charge in [-0.3, -0.25) is 4.79 Å². The van der Waals surface area contributed by atoms with Crippen LogP contribution in [0.4, 0.5) is 17.1 Å². The van der Waals surface area contributed by atoms with Crippen LogP contribution in [0.3, 0.4) is 0 Å². The van der Waals surface area contributed by atoms with Gasteiger partial charge in [0.15, 0.2) is 0 Å². The molecule has 0 spiro atoms. The molecule has 2 saturated heterocycles. The number of hydrogen-bond acceptors (Lipinski definition) is 5. The van der Waals surface area contributed by atoms with Gasteiger partial charge in [-0.1, -0.05) is 41.9 Å². The van der Waals surface area contributed by atoms with Crippen LogP contribution < -0.4 is 15.1 Å². The second-order valence-electron chi connectivity index (χ2n) is 10.2. The number of halogens is 1. The lowest BCUT2D eigenvalue weighted by Crippen LogP contribution is -2.49. The van der Waals surface area contributed by atoms with Gasteiger partial charge in [0.2, 0.25) is 0 Å². The van der Waals surface area contributed by atoms with E-state index in [1.165, 1.54) is 0 Å². The van der Waals surface area contributed by atoms with Gasteiger partial charge in [-0.25, -0.2) is 0 Å². The fraction of sp³-hybridized carbons (Fsp3) is 0.355. The van der Waals surface area contributed by atoms with Crippen molar-refractivity contribution in [3.8, 4) is 6.07 Å². The standard InChI is InChI=1S/C31H34ClN5O/c1-22-19-23(2)28(34-25-11-13-35(14-12-25)30-10-6-4-8-27(30)32)20-26(22)31(38)37-17-15-36(16-18-37)29-9-5-3-7-24(29)21-33/h3-10,19-20,25,34H,11-18H2,1-2H3. The normalized spacial score (nSPS) is 16.3. The fourth-order valence-corrected chi connectivity index (χ4v) is 5.85. The minimum atomic E-state index is 0.0762. The number of nitrogens with one attached hydrogen (secondary N) is 1. The smallest absolute Gasteiger partial charge is 0.254 e. The van der Waals surface area contributed by atoms with Crippen LogP contribution in [0.2, 0.25) is 5.02 Å². The zero-order valence-corrected chi connectivity index (χ0v) is 22.8. The van der Waals surface area contributed by atoms with Crippen molar-refractivity contribution in [3.63, 3.8) is 0 Å². The average molecular weight is 528 g/mol. The molecule has 1 amide bonds. The topological polar surface area (TPSA) is 62.6 Å². The summed E-state index contributed by atoms with van der Waals surface area (Å²) in [5.74, 6) is 0.0762. The Morgan fingerprint density at radius 2 is 1.50 bits per heavy atom. The van der Waals surface area contributed by atoms with E-state index in [0.29, 0.717) is 37.8 Å². The minimum Gasteiger partial charge on any atom is -0.382 e. The first-order chi connectivity index (χ1) is 18.4. The second kappa shape index (κ2) is 11.4. The maximum atomic E-state index is 13.6. The molecule has 0 radical (unpaired) electrons. The van der Waals surface area contributed by atoms with Crippen LogP contribution in [0.25, 0.3) is 0 Å². The molecule has 2 aliphatic heterocycles. The number of carbonyl (C=O) groups excluding carboxylic acids is 1. The van der Waals surface area contributed by atoms with Crippen molar-refractivity contribution in [2.45, 2.75) is 32.7 Å². The van der Waals surface area contributed by atoms with Crippen molar-refractivity contribution >= 4 is 34.6 Å². The summed E-state index contributed by atoms with van der Waals surface area (Å²) in [5, 5.41) is 14.0. The third-order valence-corrected chi connectivity index (χ3v) is 8.10. The van der Waals surface area contributed by atoms with Crippen molar-refractivity contribution in [2.24, 2.45) is 0 Å². The molecule has 2 aliphatic rings. The molecule has 0 aliphatic carbocycles. The zero-order valence-electron chi connectivity index (χ0n) is 22.1. The molecular formula is C31H34ClN5O. The first-order valence-electron chi connectivity index (χ1n) is 13.3. The van der Waals surface area contributed by atoms with Crippen LogP contribution in [0.1, 0.15) is 39.9 Å². The Bertz CT molecular complexity index is 1350. The second-order valence-corrected chi connectivity index (χ2v) is 10.7. The third-order valence-electron chi connectivity index (χ3n) is 7.78. The van der Waals surface area contributed by atoms with Gasteiger partial charge in [0.1, 0.15) is 6.07 Å². The van der Waals surface area contributed by atoms with Gasteiger partial charge in [0.05, 0.1) is 22.0 Å². The highest BCUT2D eigenvalue weighted by Crippen LogP contribution is 2.30. The number of piperidine rings is 1. The van der Waals surface area contributed by atoms with Crippen molar-refractivity contribution in [2.75, 3.05) is 54.4 Å². The third kappa shape index (κ3) is 5.44. The number of nitrogens with zero attached hydrogens (tertiary/aromatic N) is 4. The highest BCUT2D eigenvalue weighted by atomic mass is 35.5. The van der Waals surface area contributed by atoms with E-state index in [-0.39, 0.29) is 5.91 Å². The lowest BCUT2D eigenvalue weighted by Gasteiger charge is -2.37. The van der Waals surface area contributed by atoms with Crippen LogP contribution >= 0.6 is 11.6 Å². The van der Waals surface area contributed by atoms with Crippen LogP contribution in [0.15, 0.2) is 60.7 Å². The SMILES string of the molecule is Cc1cc(C)c(C(=O)N2CCN(c3ccccc3C#N)CC2)cc1NC1CCN(c2ccccc2Cl)CC1. The summed E-state index contributed by atoms with van der Waals surface area (Å²) >= 11 is 6.41. The van der Waals surface area contributed by atoms with Crippen molar-refractivity contribution in [3.05, 3.63) is 87.9 Å². The summed E-state index contributed by atoms with van der Waals surface area (Å²) in [6.07, 6.45) is 2.02. The van der Waals surface area contributed by atoms with Crippen LogP contribution in [-0.2, 0) is 0 Å². The largest absolute Gasteiger partial charge is 0.382 e. The Kier molecular flexibility index (Phi) is 7.76.